The molecule has 7 nitrogen and oxygen atoms in total. The summed E-state index contributed by atoms with van der Waals surface area (Å²) in [6.45, 7) is 0. The van der Waals surface area contributed by atoms with Crippen molar-refractivity contribution in [3.05, 3.63) is 30.5 Å². The number of ether oxygens (including phenoxy) is 1. The van der Waals surface area contributed by atoms with Gasteiger partial charge in [-0.3, -0.25) is 9.59 Å². The number of hydrogen-bond acceptors (Lipinski definition) is 6. The van der Waals surface area contributed by atoms with Crippen molar-refractivity contribution < 1.29 is 23.2 Å². The van der Waals surface area contributed by atoms with Gasteiger partial charge in [0, 0.05) is 6.04 Å². The summed E-state index contributed by atoms with van der Waals surface area (Å²) in [6.07, 6.45) is 7.11. The van der Waals surface area contributed by atoms with Crippen molar-refractivity contribution in [2.45, 2.75) is 38.1 Å². The van der Waals surface area contributed by atoms with E-state index >= 15 is 0 Å². The zero-order chi connectivity index (χ0) is 16.9. The molecule has 2 aromatic rings. The maximum absolute atomic E-state index is 12.6. The molecule has 1 fully saturated rings. The number of hydrogen-bond donors (Lipinski definition) is 1. The average Bonchev–Trinajstić information content (AvgIpc) is 3.23. The fourth-order valence-corrected chi connectivity index (χ4v) is 3.14. The molecule has 0 saturated heterocycles. The fraction of sp³-hybridized carbons (Fsp3) is 0.471. The topological polar surface area (TPSA) is 94.6 Å². The molecule has 1 saturated carbocycles. The number of rotatable bonds is 4. The predicted molar refractivity (Wildman–Crippen MR) is 84.1 cm³/mol. The molecule has 2 atom stereocenters. The van der Waals surface area contributed by atoms with E-state index in [2.05, 4.69) is 10.3 Å². The zero-order valence-electron chi connectivity index (χ0n) is 13.5. The average molecular weight is 332 g/mol. The van der Waals surface area contributed by atoms with E-state index in [-0.39, 0.29) is 35.3 Å². The summed E-state index contributed by atoms with van der Waals surface area (Å²) in [7, 11) is 1.37. The zero-order valence-corrected chi connectivity index (χ0v) is 13.5. The minimum atomic E-state index is -0.379. The summed E-state index contributed by atoms with van der Waals surface area (Å²) >= 11 is 0. The largest absolute Gasteiger partial charge is 0.469 e. The molecule has 1 aliphatic carbocycles. The summed E-state index contributed by atoms with van der Waals surface area (Å²) in [5.41, 5.74) is 0.151. The highest BCUT2D eigenvalue weighted by atomic mass is 16.5. The molecule has 3 rings (SSSR count). The number of carbonyl (C=O) groups is 2. The van der Waals surface area contributed by atoms with Gasteiger partial charge in [-0.05, 0) is 25.0 Å². The Kier molecular flexibility index (Phi) is 4.98. The van der Waals surface area contributed by atoms with Crippen LogP contribution in [0.25, 0.3) is 11.5 Å². The van der Waals surface area contributed by atoms with Gasteiger partial charge in [0.15, 0.2) is 17.8 Å². The van der Waals surface area contributed by atoms with Gasteiger partial charge in [-0.2, -0.15) is 0 Å². The standard InChI is InChI=1S/C17H20N2O5/c1-22-17(21)11-6-3-2-4-7-12(11)19-16(20)14-15(24-10-18-14)13-8-5-9-23-13/h5,8-12H,2-4,6-7H2,1H3,(H,19,20)/t11-,12+/m0/s1. The molecule has 2 heterocycles. The number of furan rings is 1. The molecule has 1 N–H and O–H groups in total. The van der Waals surface area contributed by atoms with Crippen LogP contribution in [0.2, 0.25) is 0 Å². The summed E-state index contributed by atoms with van der Waals surface area (Å²) in [5, 5.41) is 2.92. The van der Waals surface area contributed by atoms with Crippen molar-refractivity contribution >= 4 is 11.9 Å². The van der Waals surface area contributed by atoms with Crippen LogP contribution in [0.15, 0.2) is 33.6 Å². The van der Waals surface area contributed by atoms with Crippen molar-refractivity contribution in [1.82, 2.24) is 10.3 Å². The number of aromatic nitrogens is 1. The second-order valence-electron chi connectivity index (χ2n) is 5.86. The summed E-state index contributed by atoms with van der Waals surface area (Å²) in [5.74, 6) is -0.284. The van der Waals surface area contributed by atoms with Crippen molar-refractivity contribution in [3.63, 3.8) is 0 Å². The van der Waals surface area contributed by atoms with Crippen molar-refractivity contribution in [1.29, 1.82) is 0 Å². The van der Waals surface area contributed by atoms with Crippen LogP contribution >= 0.6 is 0 Å². The van der Waals surface area contributed by atoms with E-state index in [9.17, 15) is 9.59 Å². The second-order valence-corrected chi connectivity index (χ2v) is 5.86. The number of amides is 1. The lowest BCUT2D eigenvalue weighted by atomic mass is 9.94. The predicted octanol–water partition coefficient (Wildman–Crippen LogP) is 2.79. The Morgan fingerprint density at radius 1 is 1.25 bits per heavy atom. The Labute approximate surface area is 139 Å². The van der Waals surface area contributed by atoms with Gasteiger partial charge in [-0.15, -0.1) is 0 Å². The number of nitrogens with one attached hydrogen (secondary N) is 1. The lowest BCUT2D eigenvalue weighted by Crippen LogP contribution is -2.43. The molecule has 128 valence electrons. The van der Waals surface area contributed by atoms with E-state index in [4.69, 9.17) is 13.6 Å². The lowest BCUT2D eigenvalue weighted by Gasteiger charge is -2.23. The number of carbonyl (C=O) groups excluding carboxylic acids is 2. The molecule has 0 bridgehead atoms. The van der Waals surface area contributed by atoms with Gasteiger partial charge in [-0.1, -0.05) is 19.3 Å². The first-order valence-corrected chi connectivity index (χ1v) is 8.06. The first-order chi connectivity index (χ1) is 11.7. The number of nitrogens with zero attached hydrogens (tertiary/aromatic N) is 1. The molecule has 1 amide bonds. The molecular weight excluding hydrogens is 312 g/mol. The Morgan fingerprint density at radius 2 is 2.08 bits per heavy atom. The number of esters is 1. The van der Waals surface area contributed by atoms with E-state index in [0.29, 0.717) is 12.2 Å². The second kappa shape index (κ2) is 7.33. The van der Waals surface area contributed by atoms with Crippen LogP contribution in [0.5, 0.6) is 0 Å². The van der Waals surface area contributed by atoms with Crippen LogP contribution in [0.4, 0.5) is 0 Å². The van der Waals surface area contributed by atoms with Gasteiger partial charge < -0.3 is 18.9 Å². The molecule has 2 aromatic heterocycles. The van der Waals surface area contributed by atoms with E-state index in [1.165, 1.54) is 19.8 Å². The summed E-state index contributed by atoms with van der Waals surface area (Å²) in [6, 6.07) is 3.13. The van der Waals surface area contributed by atoms with E-state index in [1.54, 1.807) is 12.1 Å². The summed E-state index contributed by atoms with van der Waals surface area (Å²) < 4.78 is 15.4. The Hall–Kier alpha value is -2.57. The van der Waals surface area contributed by atoms with Crippen LogP contribution in [0, 0.1) is 5.92 Å². The van der Waals surface area contributed by atoms with Crippen LogP contribution < -0.4 is 5.32 Å². The van der Waals surface area contributed by atoms with Crippen molar-refractivity contribution in [3.8, 4) is 11.5 Å². The molecule has 0 aromatic carbocycles. The summed E-state index contributed by atoms with van der Waals surface area (Å²) in [4.78, 5) is 28.7. The minimum Gasteiger partial charge on any atom is -0.469 e. The van der Waals surface area contributed by atoms with Crippen LogP contribution in [-0.4, -0.2) is 30.0 Å². The minimum absolute atomic E-state index is 0.151. The van der Waals surface area contributed by atoms with Gasteiger partial charge in [0.1, 0.15) is 0 Å². The lowest BCUT2D eigenvalue weighted by molar-refractivity contribution is -0.146. The third kappa shape index (κ3) is 3.34. The third-order valence-corrected chi connectivity index (χ3v) is 4.36. The first-order valence-electron chi connectivity index (χ1n) is 8.06. The Balaban J connectivity index is 1.78. The van der Waals surface area contributed by atoms with Crippen molar-refractivity contribution in [2.75, 3.05) is 7.11 Å². The normalized spacial score (nSPS) is 21.0. The molecule has 1 aliphatic rings. The highest BCUT2D eigenvalue weighted by molar-refractivity contribution is 5.97. The first kappa shape index (κ1) is 16.3. The molecule has 24 heavy (non-hydrogen) atoms. The molecule has 0 unspecified atom stereocenters. The maximum Gasteiger partial charge on any atom is 0.310 e. The Bertz CT molecular complexity index is 692. The van der Waals surface area contributed by atoms with Gasteiger partial charge in [0.05, 0.1) is 19.3 Å². The van der Waals surface area contributed by atoms with E-state index in [0.717, 1.165) is 25.7 Å². The number of oxazole rings is 1. The highest BCUT2D eigenvalue weighted by Gasteiger charge is 2.33. The number of methoxy groups -OCH3 is 1. The van der Waals surface area contributed by atoms with Crippen LogP contribution in [-0.2, 0) is 9.53 Å². The van der Waals surface area contributed by atoms with E-state index in [1.807, 2.05) is 0 Å². The third-order valence-electron chi connectivity index (χ3n) is 4.36. The smallest absolute Gasteiger partial charge is 0.310 e. The van der Waals surface area contributed by atoms with Gasteiger partial charge in [0.2, 0.25) is 5.76 Å². The fourth-order valence-electron chi connectivity index (χ4n) is 3.14. The van der Waals surface area contributed by atoms with Gasteiger partial charge >= 0.3 is 5.97 Å². The van der Waals surface area contributed by atoms with E-state index < -0.39 is 0 Å². The molecule has 0 spiro atoms. The molecular formula is C17H20N2O5. The SMILES string of the molecule is COC(=O)[C@H]1CCCCC[C@H]1NC(=O)c1ncoc1-c1ccco1. The molecule has 7 heteroatoms. The Morgan fingerprint density at radius 3 is 2.83 bits per heavy atom. The maximum atomic E-state index is 12.6. The highest BCUT2D eigenvalue weighted by Crippen LogP contribution is 2.27. The quantitative estimate of drug-likeness (QED) is 0.683. The van der Waals surface area contributed by atoms with Crippen molar-refractivity contribution in [2.24, 2.45) is 5.92 Å². The van der Waals surface area contributed by atoms with Crippen LogP contribution in [0.1, 0.15) is 42.6 Å². The van der Waals surface area contributed by atoms with Gasteiger partial charge in [0.25, 0.3) is 5.91 Å². The monoisotopic (exact) mass is 332 g/mol. The van der Waals surface area contributed by atoms with Crippen LogP contribution in [0.3, 0.4) is 0 Å². The molecule has 0 radical (unpaired) electrons. The molecule has 0 aliphatic heterocycles. The van der Waals surface area contributed by atoms with Gasteiger partial charge in [-0.25, -0.2) is 4.98 Å².